The molecule has 0 spiro atoms. The first kappa shape index (κ1) is 13.8. The predicted molar refractivity (Wildman–Crippen MR) is 76.4 cm³/mol. The summed E-state index contributed by atoms with van der Waals surface area (Å²) in [5, 5.41) is 6.62. The van der Waals surface area contributed by atoms with Crippen molar-refractivity contribution in [1.29, 1.82) is 0 Å². The van der Waals surface area contributed by atoms with Crippen LogP contribution in [-0.4, -0.2) is 37.8 Å². The maximum absolute atomic E-state index is 5.65. The summed E-state index contributed by atoms with van der Waals surface area (Å²) >= 11 is 1.72. The van der Waals surface area contributed by atoms with Crippen LogP contribution >= 0.6 is 11.3 Å². The number of hydrogen-bond donors (Lipinski definition) is 1. The monoisotopic (exact) mass is 269 g/mol. The second-order valence-corrected chi connectivity index (χ2v) is 5.65. The molecule has 1 saturated heterocycles. The fraction of sp³-hybridized carbons (Fsp3) is 0.769. The predicted octanol–water partition coefficient (Wildman–Crippen LogP) is 2.26. The van der Waals surface area contributed by atoms with E-state index in [2.05, 4.69) is 34.6 Å². The molecule has 18 heavy (non-hydrogen) atoms. The molecule has 102 valence electrons. The lowest BCUT2D eigenvalue weighted by Gasteiger charge is -2.19. The molecule has 0 saturated carbocycles. The van der Waals surface area contributed by atoms with E-state index in [1.807, 2.05) is 0 Å². The lowest BCUT2D eigenvalue weighted by Crippen LogP contribution is -2.28. The molecular formula is C13H23N3OS. The van der Waals surface area contributed by atoms with Crippen LogP contribution in [0.3, 0.4) is 0 Å². The highest BCUT2D eigenvalue weighted by atomic mass is 32.1. The molecule has 1 fully saturated rings. The van der Waals surface area contributed by atoms with Gasteiger partial charge in [-0.3, -0.25) is 0 Å². The third-order valence-electron chi connectivity index (χ3n) is 3.10. The van der Waals surface area contributed by atoms with Gasteiger partial charge in [0.25, 0.3) is 0 Å². The summed E-state index contributed by atoms with van der Waals surface area (Å²) in [6.07, 6.45) is 3.93. The minimum atomic E-state index is 0.389. The first-order valence-corrected chi connectivity index (χ1v) is 7.65. The van der Waals surface area contributed by atoms with Gasteiger partial charge in [0, 0.05) is 32.1 Å². The van der Waals surface area contributed by atoms with Gasteiger partial charge in [0.15, 0.2) is 5.13 Å². The number of ether oxygens (including phenoxy) is 1. The smallest absolute Gasteiger partial charge is 0.185 e. The zero-order valence-electron chi connectivity index (χ0n) is 11.3. The first-order chi connectivity index (χ1) is 8.79. The molecule has 0 aromatic carbocycles. The van der Waals surface area contributed by atoms with Gasteiger partial charge in [0.05, 0.1) is 11.8 Å². The number of likely N-dealkylation sites (N-methyl/N-ethyl adjacent to an activating group) is 1. The van der Waals surface area contributed by atoms with Gasteiger partial charge in [-0.25, -0.2) is 4.98 Å². The van der Waals surface area contributed by atoms with Crippen LogP contribution in [0.4, 0.5) is 5.13 Å². The third kappa shape index (κ3) is 3.93. The van der Waals surface area contributed by atoms with Gasteiger partial charge in [-0.15, -0.1) is 11.3 Å². The molecule has 1 aromatic heterocycles. The standard InChI is InChI=1S/C13H23N3OS/c1-3-6-14-8-11-10-18-13(15-11)16(2)9-12-5-4-7-17-12/h10,12,14H,3-9H2,1-2H3. The van der Waals surface area contributed by atoms with Gasteiger partial charge >= 0.3 is 0 Å². The maximum Gasteiger partial charge on any atom is 0.185 e. The summed E-state index contributed by atoms with van der Waals surface area (Å²) in [5.74, 6) is 0. The molecule has 1 aliphatic heterocycles. The van der Waals surface area contributed by atoms with E-state index in [1.165, 1.54) is 12.8 Å². The molecule has 5 heteroatoms. The highest BCUT2D eigenvalue weighted by molar-refractivity contribution is 7.13. The first-order valence-electron chi connectivity index (χ1n) is 6.77. The molecule has 1 aliphatic rings. The van der Waals surface area contributed by atoms with Crippen LogP contribution in [0.25, 0.3) is 0 Å². The molecule has 2 heterocycles. The van der Waals surface area contributed by atoms with Gasteiger partial charge in [-0.05, 0) is 25.8 Å². The zero-order valence-corrected chi connectivity index (χ0v) is 12.1. The fourth-order valence-corrected chi connectivity index (χ4v) is 2.92. The van der Waals surface area contributed by atoms with Gasteiger partial charge in [0.2, 0.25) is 0 Å². The van der Waals surface area contributed by atoms with Crippen LogP contribution in [0.15, 0.2) is 5.38 Å². The van der Waals surface area contributed by atoms with Crippen molar-refractivity contribution >= 4 is 16.5 Å². The summed E-state index contributed by atoms with van der Waals surface area (Å²) in [6.45, 7) is 5.98. The number of aromatic nitrogens is 1. The van der Waals surface area contributed by atoms with Crippen LogP contribution < -0.4 is 10.2 Å². The van der Waals surface area contributed by atoms with E-state index in [-0.39, 0.29) is 0 Å². The third-order valence-corrected chi connectivity index (χ3v) is 4.10. The summed E-state index contributed by atoms with van der Waals surface area (Å²) < 4.78 is 5.65. The average Bonchev–Trinajstić information content (AvgIpc) is 3.00. The molecule has 1 N–H and O–H groups in total. The van der Waals surface area contributed by atoms with Gasteiger partial charge in [0.1, 0.15) is 0 Å². The average molecular weight is 269 g/mol. The lowest BCUT2D eigenvalue weighted by atomic mass is 10.2. The number of anilines is 1. The minimum absolute atomic E-state index is 0.389. The Bertz CT molecular complexity index is 350. The number of nitrogens with zero attached hydrogens (tertiary/aromatic N) is 2. The van der Waals surface area contributed by atoms with Crippen molar-refractivity contribution < 1.29 is 4.74 Å². The molecular weight excluding hydrogens is 246 g/mol. The lowest BCUT2D eigenvalue weighted by molar-refractivity contribution is 0.116. The topological polar surface area (TPSA) is 37.4 Å². The van der Waals surface area contributed by atoms with Crippen LogP contribution in [0.2, 0.25) is 0 Å². The van der Waals surface area contributed by atoms with E-state index in [0.29, 0.717) is 6.10 Å². The largest absolute Gasteiger partial charge is 0.376 e. The highest BCUT2D eigenvalue weighted by Gasteiger charge is 2.18. The Labute approximate surface area is 113 Å². The van der Waals surface area contributed by atoms with Crippen molar-refractivity contribution in [3.63, 3.8) is 0 Å². The molecule has 0 radical (unpaired) electrons. The number of thiazole rings is 1. The Hall–Kier alpha value is -0.650. The van der Waals surface area contributed by atoms with Crippen LogP contribution in [-0.2, 0) is 11.3 Å². The number of hydrogen-bond acceptors (Lipinski definition) is 5. The molecule has 4 nitrogen and oxygen atoms in total. The van der Waals surface area contributed by atoms with E-state index >= 15 is 0 Å². The fourth-order valence-electron chi connectivity index (χ4n) is 2.12. The van der Waals surface area contributed by atoms with Crippen molar-refractivity contribution in [2.45, 2.75) is 38.8 Å². The number of nitrogens with one attached hydrogen (secondary N) is 1. The Morgan fingerprint density at radius 2 is 2.50 bits per heavy atom. The van der Waals surface area contributed by atoms with Crippen LogP contribution in [0.5, 0.6) is 0 Å². The van der Waals surface area contributed by atoms with Crippen molar-refractivity contribution in [1.82, 2.24) is 10.3 Å². The zero-order chi connectivity index (χ0) is 12.8. The molecule has 0 bridgehead atoms. The Morgan fingerprint density at radius 1 is 1.61 bits per heavy atom. The van der Waals surface area contributed by atoms with Crippen molar-refractivity contribution in [3.8, 4) is 0 Å². The van der Waals surface area contributed by atoms with Crippen molar-refractivity contribution in [3.05, 3.63) is 11.1 Å². The summed E-state index contributed by atoms with van der Waals surface area (Å²) in [7, 11) is 2.10. The van der Waals surface area contributed by atoms with E-state index in [1.54, 1.807) is 11.3 Å². The Balaban J connectivity index is 1.80. The van der Waals surface area contributed by atoms with E-state index in [4.69, 9.17) is 4.74 Å². The molecule has 2 rings (SSSR count). The van der Waals surface area contributed by atoms with Crippen molar-refractivity contribution in [2.75, 3.05) is 31.6 Å². The summed E-state index contributed by atoms with van der Waals surface area (Å²) in [4.78, 5) is 6.86. The molecule has 1 unspecified atom stereocenters. The quantitative estimate of drug-likeness (QED) is 0.771. The Kier molecular flexibility index (Phi) is 5.41. The van der Waals surface area contributed by atoms with Gasteiger partial charge < -0.3 is 15.0 Å². The molecule has 0 amide bonds. The summed E-state index contributed by atoms with van der Waals surface area (Å²) in [6, 6.07) is 0. The number of rotatable bonds is 7. The Morgan fingerprint density at radius 3 is 3.22 bits per heavy atom. The molecule has 1 aromatic rings. The second-order valence-electron chi connectivity index (χ2n) is 4.81. The van der Waals surface area contributed by atoms with Crippen molar-refractivity contribution in [2.24, 2.45) is 0 Å². The van der Waals surface area contributed by atoms with Crippen LogP contribution in [0, 0.1) is 0 Å². The normalized spacial score (nSPS) is 19.3. The summed E-state index contributed by atoms with van der Waals surface area (Å²) in [5.41, 5.74) is 1.14. The van der Waals surface area contributed by atoms with Gasteiger partial charge in [-0.2, -0.15) is 0 Å². The van der Waals surface area contributed by atoms with E-state index < -0.39 is 0 Å². The SMILES string of the molecule is CCCNCc1csc(N(C)CC2CCCO2)n1. The van der Waals surface area contributed by atoms with Gasteiger partial charge in [-0.1, -0.05) is 6.92 Å². The van der Waals surface area contributed by atoms with E-state index in [9.17, 15) is 0 Å². The van der Waals surface area contributed by atoms with E-state index in [0.717, 1.165) is 43.5 Å². The second kappa shape index (κ2) is 7.07. The minimum Gasteiger partial charge on any atom is -0.376 e. The van der Waals surface area contributed by atoms with Crippen LogP contribution in [0.1, 0.15) is 31.9 Å². The molecule has 0 aliphatic carbocycles. The highest BCUT2D eigenvalue weighted by Crippen LogP contribution is 2.21. The maximum atomic E-state index is 5.65. The molecule has 1 atom stereocenters.